The summed E-state index contributed by atoms with van der Waals surface area (Å²) in [7, 11) is 0. The van der Waals surface area contributed by atoms with Gasteiger partial charge in [0.05, 0.1) is 18.3 Å². The quantitative estimate of drug-likeness (QED) is 0.899. The first-order valence-electron chi connectivity index (χ1n) is 7.78. The molecule has 1 aromatic heterocycles. The van der Waals surface area contributed by atoms with Crippen molar-refractivity contribution >= 4 is 11.3 Å². The van der Waals surface area contributed by atoms with Gasteiger partial charge in [-0.15, -0.1) is 11.3 Å². The molecule has 0 amide bonds. The molecule has 1 unspecified atom stereocenters. The highest BCUT2D eigenvalue weighted by molar-refractivity contribution is 7.15. The van der Waals surface area contributed by atoms with Gasteiger partial charge in [0.25, 0.3) is 0 Å². The van der Waals surface area contributed by atoms with E-state index >= 15 is 0 Å². The van der Waals surface area contributed by atoms with Crippen molar-refractivity contribution in [2.24, 2.45) is 0 Å². The number of thiazole rings is 1. The number of aryl methyl sites for hydroxylation is 1. The minimum absolute atomic E-state index is 0.437. The Bertz CT molecular complexity index is 591. The molecule has 0 saturated heterocycles. The van der Waals surface area contributed by atoms with Gasteiger partial charge < -0.3 is 10.1 Å². The lowest BCUT2D eigenvalue weighted by Gasteiger charge is -2.21. The number of hydrogen-bond acceptors (Lipinski definition) is 4. The fraction of sp³-hybridized carbons (Fsp3) is 0.471. The summed E-state index contributed by atoms with van der Waals surface area (Å²) in [6, 6.07) is 8.71. The highest BCUT2D eigenvalue weighted by Crippen LogP contribution is 2.37. The van der Waals surface area contributed by atoms with Crippen molar-refractivity contribution in [3.8, 4) is 16.3 Å². The number of nitrogens with one attached hydrogen (secondary N) is 1. The monoisotopic (exact) mass is 302 g/mol. The molecule has 0 saturated carbocycles. The van der Waals surface area contributed by atoms with Crippen LogP contribution in [0.3, 0.4) is 0 Å². The molecule has 1 N–H and O–H groups in total. The van der Waals surface area contributed by atoms with E-state index in [-0.39, 0.29) is 0 Å². The lowest BCUT2D eigenvalue weighted by Crippen LogP contribution is -2.24. The minimum atomic E-state index is 0.437. The van der Waals surface area contributed by atoms with E-state index in [4.69, 9.17) is 9.72 Å². The Morgan fingerprint density at radius 2 is 2.10 bits per heavy atom. The maximum absolute atomic E-state index is 5.50. The van der Waals surface area contributed by atoms with Gasteiger partial charge in [0, 0.05) is 10.4 Å². The number of nitrogens with zero attached hydrogens (tertiary/aromatic N) is 1. The molecule has 3 nitrogen and oxygen atoms in total. The van der Waals surface area contributed by atoms with Crippen LogP contribution in [0.2, 0.25) is 0 Å². The van der Waals surface area contributed by atoms with Crippen molar-refractivity contribution in [3.63, 3.8) is 0 Å². The third-order valence-electron chi connectivity index (χ3n) is 3.82. The number of aromatic nitrogens is 1. The minimum Gasteiger partial charge on any atom is -0.494 e. The molecular weight excluding hydrogens is 280 g/mol. The second kappa shape index (κ2) is 6.58. The lowest BCUT2D eigenvalue weighted by atomic mass is 9.98. The molecule has 0 spiro atoms. The van der Waals surface area contributed by atoms with Crippen LogP contribution in [0.4, 0.5) is 0 Å². The molecule has 0 bridgehead atoms. The van der Waals surface area contributed by atoms with E-state index in [0.29, 0.717) is 12.6 Å². The Kier molecular flexibility index (Phi) is 4.56. The Labute approximate surface area is 130 Å². The summed E-state index contributed by atoms with van der Waals surface area (Å²) < 4.78 is 5.50. The van der Waals surface area contributed by atoms with E-state index in [9.17, 15) is 0 Å². The Balaban J connectivity index is 1.86. The number of benzene rings is 1. The topological polar surface area (TPSA) is 34.1 Å². The van der Waals surface area contributed by atoms with Gasteiger partial charge in [-0.3, -0.25) is 0 Å². The van der Waals surface area contributed by atoms with Crippen LogP contribution in [0, 0.1) is 0 Å². The summed E-state index contributed by atoms with van der Waals surface area (Å²) in [5.41, 5.74) is 2.46. The molecule has 0 aliphatic heterocycles. The van der Waals surface area contributed by atoms with Gasteiger partial charge >= 0.3 is 0 Å². The molecule has 1 aliphatic carbocycles. The Morgan fingerprint density at radius 1 is 1.29 bits per heavy atom. The highest BCUT2D eigenvalue weighted by Gasteiger charge is 2.24. The standard InChI is InChI=1S/C17H22N2OS/c1-3-18-14-6-5-7-15-16(14)19-17(21-15)12-8-10-13(11-9-12)20-4-2/h8-11,14,18H,3-7H2,1-2H3. The molecule has 4 heteroatoms. The number of rotatable bonds is 5. The van der Waals surface area contributed by atoms with Crippen molar-refractivity contribution in [2.75, 3.05) is 13.2 Å². The summed E-state index contributed by atoms with van der Waals surface area (Å²) in [6.45, 7) is 5.87. The second-order valence-electron chi connectivity index (χ2n) is 5.29. The van der Waals surface area contributed by atoms with Gasteiger partial charge in [-0.1, -0.05) is 6.92 Å². The van der Waals surface area contributed by atoms with Gasteiger partial charge in [0.2, 0.25) is 0 Å². The maximum atomic E-state index is 5.50. The normalized spacial score (nSPS) is 17.5. The van der Waals surface area contributed by atoms with Crippen LogP contribution in [-0.2, 0) is 6.42 Å². The molecule has 0 fully saturated rings. The van der Waals surface area contributed by atoms with E-state index < -0.39 is 0 Å². The molecule has 3 rings (SSSR count). The Morgan fingerprint density at radius 3 is 2.81 bits per heavy atom. The lowest BCUT2D eigenvalue weighted by molar-refractivity contribution is 0.340. The number of hydrogen-bond donors (Lipinski definition) is 1. The average molecular weight is 302 g/mol. The molecule has 21 heavy (non-hydrogen) atoms. The van der Waals surface area contributed by atoms with Crippen LogP contribution in [0.5, 0.6) is 5.75 Å². The molecule has 2 aromatic rings. The van der Waals surface area contributed by atoms with E-state index in [1.807, 2.05) is 30.4 Å². The zero-order chi connectivity index (χ0) is 14.7. The van der Waals surface area contributed by atoms with Gasteiger partial charge in [0.15, 0.2) is 0 Å². The molecule has 1 atom stereocenters. The van der Waals surface area contributed by atoms with Gasteiger partial charge in [-0.05, 0) is 57.0 Å². The summed E-state index contributed by atoms with van der Waals surface area (Å²) in [4.78, 5) is 6.37. The van der Waals surface area contributed by atoms with Gasteiger partial charge in [0.1, 0.15) is 10.8 Å². The SMILES string of the molecule is CCNC1CCCc2sc(-c3ccc(OCC)cc3)nc21. The molecule has 0 radical (unpaired) electrons. The molecular formula is C17H22N2OS. The molecule has 112 valence electrons. The molecule has 1 aromatic carbocycles. The summed E-state index contributed by atoms with van der Waals surface area (Å²) in [5, 5.41) is 4.69. The predicted octanol–water partition coefficient (Wildman–Crippen LogP) is 4.20. The first-order valence-corrected chi connectivity index (χ1v) is 8.59. The van der Waals surface area contributed by atoms with Gasteiger partial charge in [-0.25, -0.2) is 4.98 Å². The van der Waals surface area contributed by atoms with E-state index in [1.165, 1.54) is 35.4 Å². The second-order valence-corrected chi connectivity index (χ2v) is 6.37. The van der Waals surface area contributed by atoms with E-state index in [2.05, 4.69) is 24.4 Å². The fourth-order valence-electron chi connectivity index (χ4n) is 2.85. The predicted molar refractivity (Wildman–Crippen MR) is 88.1 cm³/mol. The smallest absolute Gasteiger partial charge is 0.123 e. The molecule has 1 aliphatic rings. The van der Waals surface area contributed by atoms with Crippen molar-refractivity contribution in [1.29, 1.82) is 0 Å². The summed E-state index contributed by atoms with van der Waals surface area (Å²) in [5.74, 6) is 0.924. The van der Waals surface area contributed by atoms with Crippen molar-refractivity contribution in [2.45, 2.75) is 39.2 Å². The van der Waals surface area contributed by atoms with E-state index in [1.54, 1.807) is 0 Å². The van der Waals surface area contributed by atoms with Crippen molar-refractivity contribution < 1.29 is 4.74 Å². The third-order valence-corrected chi connectivity index (χ3v) is 5.00. The number of fused-ring (bicyclic) bond motifs is 1. The van der Waals surface area contributed by atoms with Crippen LogP contribution < -0.4 is 10.1 Å². The van der Waals surface area contributed by atoms with E-state index in [0.717, 1.165) is 17.3 Å². The maximum Gasteiger partial charge on any atom is 0.123 e. The van der Waals surface area contributed by atoms with Crippen LogP contribution >= 0.6 is 11.3 Å². The summed E-state index contributed by atoms with van der Waals surface area (Å²) >= 11 is 1.85. The van der Waals surface area contributed by atoms with Crippen molar-refractivity contribution in [1.82, 2.24) is 10.3 Å². The van der Waals surface area contributed by atoms with Crippen LogP contribution in [0.1, 0.15) is 43.3 Å². The van der Waals surface area contributed by atoms with Gasteiger partial charge in [-0.2, -0.15) is 0 Å². The van der Waals surface area contributed by atoms with Crippen LogP contribution in [0.15, 0.2) is 24.3 Å². The fourth-order valence-corrected chi connectivity index (χ4v) is 4.02. The van der Waals surface area contributed by atoms with Crippen LogP contribution in [0.25, 0.3) is 10.6 Å². The molecule has 1 heterocycles. The highest BCUT2D eigenvalue weighted by atomic mass is 32.1. The zero-order valence-electron chi connectivity index (χ0n) is 12.7. The average Bonchev–Trinajstić information content (AvgIpc) is 2.94. The first-order chi connectivity index (χ1) is 10.3. The summed E-state index contributed by atoms with van der Waals surface area (Å²) in [6.07, 6.45) is 3.63. The third kappa shape index (κ3) is 3.11. The number of ether oxygens (including phenoxy) is 1. The zero-order valence-corrected chi connectivity index (χ0v) is 13.5. The largest absolute Gasteiger partial charge is 0.494 e. The Hall–Kier alpha value is -1.39. The van der Waals surface area contributed by atoms with Crippen molar-refractivity contribution in [3.05, 3.63) is 34.8 Å². The van der Waals surface area contributed by atoms with Crippen LogP contribution in [-0.4, -0.2) is 18.1 Å². The first kappa shape index (κ1) is 14.5.